The van der Waals surface area contributed by atoms with Crippen LogP contribution in [-0.2, 0) is 9.31 Å². The molecule has 2 fully saturated rings. The minimum Gasteiger partial charge on any atom is -0.399 e. The molecule has 4 nitrogen and oxygen atoms in total. The number of piperazine rings is 1. The normalized spacial score (nSPS) is 29.8. The zero-order valence-electron chi connectivity index (χ0n) is 13.3. The van der Waals surface area contributed by atoms with Crippen LogP contribution in [0.3, 0.4) is 0 Å². The predicted octanol–water partition coefficient (Wildman–Crippen LogP) is 0.871. The molecule has 1 atom stereocenters. The van der Waals surface area contributed by atoms with Gasteiger partial charge in [-0.25, -0.2) is 0 Å². The first-order valence-electron chi connectivity index (χ1n) is 7.84. The Kier molecular flexibility index (Phi) is 4.10. The summed E-state index contributed by atoms with van der Waals surface area (Å²) in [6.45, 7) is 11.6. The van der Waals surface area contributed by atoms with Crippen molar-refractivity contribution >= 4 is 12.6 Å². The fourth-order valence-electron chi connectivity index (χ4n) is 3.06. The molecule has 1 N–H and O–H groups in total. The molecule has 2 aliphatic heterocycles. The average Bonchev–Trinajstić information content (AvgIpc) is 2.71. The summed E-state index contributed by atoms with van der Waals surface area (Å²) in [5.41, 5.74) is 0.484. The van der Waals surface area contributed by atoms with Gasteiger partial charge in [-0.05, 0) is 26.2 Å². The lowest BCUT2D eigenvalue weighted by Crippen LogP contribution is -2.56. The van der Waals surface area contributed by atoms with E-state index in [0.717, 1.165) is 38.2 Å². The summed E-state index contributed by atoms with van der Waals surface area (Å²) in [4.78, 5) is 2.47. The molecule has 1 unspecified atom stereocenters. The van der Waals surface area contributed by atoms with Gasteiger partial charge in [0.15, 0.2) is 0 Å². The van der Waals surface area contributed by atoms with Gasteiger partial charge in [0, 0.05) is 32.7 Å². The third kappa shape index (κ3) is 3.02. The lowest BCUT2D eigenvalue weighted by atomic mass is 9.79. The molecule has 1 aromatic carbocycles. The van der Waals surface area contributed by atoms with Crippen molar-refractivity contribution in [1.29, 1.82) is 0 Å². The van der Waals surface area contributed by atoms with E-state index in [0.29, 0.717) is 0 Å². The highest BCUT2D eigenvalue weighted by molar-refractivity contribution is 6.62. The van der Waals surface area contributed by atoms with E-state index < -0.39 is 0 Å². The van der Waals surface area contributed by atoms with Gasteiger partial charge in [-0.15, -0.1) is 0 Å². The monoisotopic (exact) mass is 288 g/mol. The number of nitrogens with zero attached hydrogens (tertiary/aromatic N) is 1. The molecular formula is C16H25BN2O2. The first-order valence-corrected chi connectivity index (χ1v) is 7.84. The van der Waals surface area contributed by atoms with Gasteiger partial charge < -0.3 is 14.6 Å². The van der Waals surface area contributed by atoms with Crippen molar-refractivity contribution in [3.63, 3.8) is 0 Å². The molecule has 3 rings (SSSR count). The second-order valence-electron chi connectivity index (χ2n) is 6.75. The van der Waals surface area contributed by atoms with Crippen LogP contribution in [0.4, 0.5) is 0 Å². The van der Waals surface area contributed by atoms with Gasteiger partial charge in [0.1, 0.15) is 0 Å². The topological polar surface area (TPSA) is 33.7 Å². The average molecular weight is 288 g/mol. The first-order chi connectivity index (χ1) is 10.0. The summed E-state index contributed by atoms with van der Waals surface area (Å²) in [5.74, 6) is 0. The molecule has 0 saturated carbocycles. The van der Waals surface area contributed by atoms with Crippen molar-refractivity contribution in [1.82, 2.24) is 10.2 Å². The summed E-state index contributed by atoms with van der Waals surface area (Å²) in [6.07, 6.45) is 0. The minimum absolute atomic E-state index is 0.269. The maximum Gasteiger partial charge on any atom is 0.494 e. The van der Waals surface area contributed by atoms with Crippen LogP contribution < -0.4 is 10.8 Å². The largest absolute Gasteiger partial charge is 0.494 e. The van der Waals surface area contributed by atoms with Crippen LogP contribution in [-0.4, -0.2) is 55.9 Å². The Bertz CT molecular complexity index is 476. The molecule has 0 spiro atoms. The minimum atomic E-state index is -0.307. The summed E-state index contributed by atoms with van der Waals surface area (Å²) in [7, 11) is -0.269. The molecule has 0 aromatic heterocycles. The SMILES string of the molecule is CC1(C)OB(c2ccccc2)OC1(C)CN1CCNCC1. The van der Waals surface area contributed by atoms with Gasteiger partial charge >= 0.3 is 7.12 Å². The molecule has 0 aliphatic carbocycles. The van der Waals surface area contributed by atoms with Gasteiger partial charge in [0.05, 0.1) is 11.2 Å². The summed E-state index contributed by atoms with van der Waals surface area (Å²) in [5, 5.41) is 3.39. The quantitative estimate of drug-likeness (QED) is 0.837. The second-order valence-corrected chi connectivity index (χ2v) is 6.75. The Morgan fingerprint density at radius 1 is 1.10 bits per heavy atom. The summed E-state index contributed by atoms with van der Waals surface area (Å²) >= 11 is 0. The molecule has 21 heavy (non-hydrogen) atoms. The van der Waals surface area contributed by atoms with Crippen LogP contribution in [0.5, 0.6) is 0 Å². The molecule has 0 amide bonds. The van der Waals surface area contributed by atoms with E-state index in [9.17, 15) is 0 Å². The third-order valence-corrected chi connectivity index (χ3v) is 4.85. The molecule has 0 radical (unpaired) electrons. The highest BCUT2D eigenvalue weighted by atomic mass is 16.7. The Morgan fingerprint density at radius 3 is 2.43 bits per heavy atom. The number of hydrogen-bond acceptors (Lipinski definition) is 4. The van der Waals surface area contributed by atoms with Crippen molar-refractivity contribution in [2.24, 2.45) is 0 Å². The van der Waals surface area contributed by atoms with E-state index in [2.05, 4.69) is 43.1 Å². The molecule has 114 valence electrons. The van der Waals surface area contributed by atoms with Crippen LogP contribution >= 0.6 is 0 Å². The standard InChI is InChI=1S/C16H25BN2O2/c1-15(2)16(3,13-19-11-9-18-10-12-19)21-17(20-15)14-7-5-4-6-8-14/h4-8,18H,9-13H2,1-3H3. The fraction of sp³-hybridized carbons (Fsp3) is 0.625. The van der Waals surface area contributed by atoms with Crippen LogP contribution in [0.25, 0.3) is 0 Å². The van der Waals surface area contributed by atoms with Crippen LogP contribution in [0.15, 0.2) is 30.3 Å². The zero-order valence-corrected chi connectivity index (χ0v) is 13.3. The highest BCUT2D eigenvalue weighted by Gasteiger charge is 2.55. The number of rotatable bonds is 3. The summed E-state index contributed by atoms with van der Waals surface area (Å²) in [6, 6.07) is 10.2. The fourth-order valence-corrected chi connectivity index (χ4v) is 3.06. The molecule has 2 aliphatic rings. The van der Waals surface area contributed by atoms with Crippen LogP contribution in [0, 0.1) is 0 Å². The van der Waals surface area contributed by atoms with E-state index in [-0.39, 0.29) is 18.3 Å². The van der Waals surface area contributed by atoms with E-state index in [1.54, 1.807) is 0 Å². The molecule has 0 bridgehead atoms. The Hall–Kier alpha value is -0.875. The Balaban J connectivity index is 1.74. The number of nitrogens with one attached hydrogen (secondary N) is 1. The van der Waals surface area contributed by atoms with E-state index in [4.69, 9.17) is 9.31 Å². The predicted molar refractivity (Wildman–Crippen MR) is 85.8 cm³/mol. The molecule has 2 saturated heterocycles. The lowest BCUT2D eigenvalue weighted by Gasteiger charge is -2.41. The second kappa shape index (κ2) is 5.73. The van der Waals surface area contributed by atoms with Gasteiger partial charge in [0.2, 0.25) is 0 Å². The molecule has 2 heterocycles. The maximum atomic E-state index is 6.37. The van der Waals surface area contributed by atoms with Crippen molar-refractivity contribution in [2.75, 3.05) is 32.7 Å². The van der Waals surface area contributed by atoms with E-state index in [1.165, 1.54) is 0 Å². The lowest BCUT2D eigenvalue weighted by molar-refractivity contribution is -0.0355. The Labute approximate surface area is 127 Å². The maximum absolute atomic E-state index is 6.37. The van der Waals surface area contributed by atoms with E-state index in [1.807, 2.05) is 18.2 Å². The van der Waals surface area contributed by atoms with Gasteiger partial charge in [-0.1, -0.05) is 30.3 Å². The van der Waals surface area contributed by atoms with Crippen LogP contribution in [0.2, 0.25) is 0 Å². The van der Waals surface area contributed by atoms with Crippen molar-refractivity contribution < 1.29 is 9.31 Å². The van der Waals surface area contributed by atoms with Crippen molar-refractivity contribution in [3.05, 3.63) is 30.3 Å². The number of hydrogen-bond donors (Lipinski definition) is 1. The smallest absolute Gasteiger partial charge is 0.399 e. The Morgan fingerprint density at radius 2 is 1.76 bits per heavy atom. The summed E-state index contributed by atoms with van der Waals surface area (Å²) < 4.78 is 12.6. The third-order valence-electron chi connectivity index (χ3n) is 4.85. The highest BCUT2D eigenvalue weighted by Crippen LogP contribution is 2.37. The van der Waals surface area contributed by atoms with E-state index >= 15 is 0 Å². The van der Waals surface area contributed by atoms with Crippen molar-refractivity contribution in [3.8, 4) is 0 Å². The molecule has 5 heteroatoms. The van der Waals surface area contributed by atoms with Crippen LogP contribution in [0.1, 0.15) is 20.8 Å². The van der Waals surface area contributed by atoms with Gasteiger partial charge in [-0.3, -0.25) is 4.90 Å². The van der Waals surface area contributed by atoms with Gasteiger partial charge in [-0.2, -0.15) is 0 Å². The zero-order chi connectivity index (χ0) is 14.9. The first kappa shape index (κ1) is 15.0. The molecule has 1 aromatic rings. The number of benzene rings is 1. The molecular weight excluding hydrogens is 263 g/mol. The van der Waals surface area contributed by atoms with Gasteiger partial charge in [0.25, 0.3) is 0 Å². The van der Waals surface area contributed by atoms with Crippen molar-refractivity contribution in [2.45, 2.75) is 32.0 Å².